The SMILES string of the molecule is Cc1cc(=O)oc2cc(NC(=O)C(C)N3CCOCC3)ccc12. The predicted molar refractivity (Wildman–Crippen MR) is 87.7 cm³/mol. The Morgan fingerprint density at radius 3 is 2.74 bits per heavy atom. The van der Waals surface area contributed by atoms with Crippen molar-refractivity contribution in [3.8, 4) is 0 Å². The highest BCUT2D eigenvalue weighted by Gasteiger charge is 2.23. The van der Waals surface area contributed by atoms with Crippen molar-refractivity contribution >= 4 is 22.6 Å². The zero-order valence-corrected chi connectivity index (χ0v) is 13.3. The molecule has 23 heavy (non-hydrogen) atoms. The summed E-state index contributed by atoms with van der Waals surface area (Å²) in [6.07, 6.45) is 0. The first-order valence-corrected chi connectivity index (χ1v) is 7.72. The van der Waals surface area contributed by atoms with Gasteiger partial charge in [0.05, 0.1) is 19.3 Å². The largest absolute Gasteiger partial charge is 0.423 e. The van der Waals surface area contributed by atoms with E-state index < -0.39 is 0 Å². The Bertz CT molecular complexity index is 778. The van der Waals surface area contributed by atoms with Crippen LogP contribution < -0.4 is 10.9 Å². The topological polar surface area (TPSA) is 71.8 Å². The number of amides is 1. The number of rotatable bonds is 3. The van der Waals surface area contributed by atoms with Gasteiger partial charge in [-0.05, 0) is 31.5 Å². The van der Waals surface area contributed by atoms with Crippen LogP contribution in [0.2, 0.25) is 0 Å². The van der Waals surface area contributed by atoms with Crippen molar-refractivity contribution in [2.45, 2.75) is 19.9 Å². The third-order valence-corrected chi connectivity index (χ3v) is 4.19. The minimum Gasteiger partial charge on any atom is -0.423 e. The van der Waals surface area contributed by atoms with Crippen LogP contribution in [0.25, 0.3) is 11.0 Å². The lowest BCUT2D eigenvalue weighted by Gasteiger charge is -2.31. The normalized spacial score (nSPS) is 17.1. The number of benzene rings is 1. The Morgan fingerprint density at radius 2 is 2.00 bits per heavy atom. The average Bonchev–Trinajstić information content (AvgIpc) is 2.54. The molecule has 1 aromatic carbocycles. The van der Waals surface area contributed by atoms with Gasteiger partial charge in [0.2, 0.25) is 5.91 Å². The molecule has 0 saturated carbocycles. The van der Waals surface area contributed by atoms with Crippen molar-refractivity contribution in [2.24, 2.45) is 0 Å². The smallest absolute Gasteiger partial charge is 0.336 e. The summed E-state index contributed by atoms with van der Waals surface area (Å²) in [5.74, 6) is -0.0822. The van der Waals surface area contributed by atoms with E-state index in [1.165, 1.54) is 6.07 Å². The van der Waals surface area contributed by atoms with Crippen molar-refractivity contribution in [2.75, 3.05) is 31.6 Å². The molecule has 1 fully saturated rings. The first-order chi connectivity index (χ1) is 11.0. The van der Waals surface area contributed by atoms with Gasteiger partial charge < -0.3 is 14.5 Å². The number of carbonyl (C=O) groups is 1. The van der Waals surface area contributed by atoms with Crippen LogP contribution in [0.4, 0.5) is 5.69 Å². The molecule has 1 aliphatic rings. The number of anilines is 1. The van der Waals surface area contributed by atoms with E-state index in [9.17, 15) is 9.59 Å². The maximum Gasteiger partial charge on any atom is 0.336 e. The molecule has 1 unspecified atom stereocenters. The number of nitrogens with one attached hydrogen (secondary N) is 1. The lowest BCUT2D eigenvalue weighted by molar-refractivity contribution is -0.122. The Labute approximate surface area is 134 Å². The second kappa shape index (κ2) is 6.52. The van der Waals surface area contributed by atoms with E-state index >= 15 is 0 Å². The van der Waals surface area contributed by atoms with Crippen LogP contribution in [0.5, 0.6) is 0 Å². The summed E-state index contributed by atoms with van der Waals surface area (Å²) in [4.78, 5) is 26.0. The van der Waals surface area contributed by atoms with E-state index in [1.54, 1.807) is 6.07 Å². The number of carbonyl (C=O) groups excluding carboxylic acids is 1. The summed E-state index contributed by atoms with van der Waals surface area (Å²) in [5, 5.41) is 3.75. The van der Waals surface area contributed by atoms with Gasteiger partial charge in [0.15, 0.2) is 0 Å². The van der Waals surface area contributed by atoms with Gasteiger partial charge in [0.1, 0.15) is 5.58 Å². The van der Waals surface area contributed by atoms with Crippen LogP contribution in [0, 0.1) is 6.92 Å². The maximum atomic E-state index is 12.4. The van der Waals surface area contributed by atoms with Crippen molar-refractivity contribution in [3.63, 3.8) is 0 Å². The van der Waals surface area contributed by atoms with E-state index in [2.05, 4.69) is 10.2 Å². The lowest BCUT2D eigenvalue weighted by Crippen LogP contribution is -2.47. The summed E-state index contributed by atoms with van der Waals surface area (Å²) in [5.41, 5.74) is 1.57. The molecule has 6 heteroatoms. The van der Waals surface area contributed by atoms with Gasteiger partial charge in [-0.25, -0.2) is 4.79 Å². The highest BCUT2D eigenvalue weighted by atomic mass is 16.5. The second-order valence-corrected chi connectivity index (χ2v) is 5.77. The van der Waals surface area contributed by atoms with Gasteiger partial charge in [-0.1, -0.05) is 0 Å². The van der Waals surface area contributed by atoms with Crippen molar-refractivity contribution in [1.82, 2.24) is 4.90 Å². The van der Waals surface area contributed by atoms with Crippen LogP contribution in [0.3, 0.4) is 0 Å². The van der Waals surface area contributed by atoms with Crippen LogP contribution in [0.1, 0.15) is 12.5 Å². The molecule has 3 rings (SSSR count). The standard InChI is InChI=1S/C17H20N2O4/c1-11-9-16(20)23-15-10-13(3-4-14(11)15)18-17(21)12(2)19-5-7-22-8-6-19/h3-4,9-10,12H,5-8H2,1-2H3,(H,18,21). The fourth-order valence-electron chi connectivity index (χ4n) is 2.78. The molecule has 0 spiro atoms. The Morgan fingerprint density at radius 1 is 1.26 bits per heavy atom. The first-order valence-electron chi connectivity index (χ1n) is 7.72. The molecular weight excluding hydrogens is 296 g/mol. The number of hydrogen-bond donors (Lipinski definition) is 1. The van der Waals surface area contributed by atoms with Crippen LogP contribution in [-0.2, 0) is 9.53 Å². The maximum absolute atomic E-state index is 12.4. The molecule has 1 atom stereocenters. The molecule has 1 saturated heterocycles. The fourth-order valence-corrected chi connectivity index (χ4v) is 2.78. The molecule has 1 aliphatic heterocycles. The molecule has 0 aliphatic carbocycles. The van der Waals surface area contributed by atoms with E-state index in [0.29, 0.717) is 24.5 Å². The molecule has 2 aromatic rings. The quantitative estimate of drug-likeness (QED) is 0.874. The van der Waals surface area contributed by atoms with E-state index in [1.807, 2.05) is 26.0 Å². The minimum absolute atomic E-state index is 0.0822. The third-order valence-electron chi connectivity index (χ3n) is 4.19. The van der Waals surface area contributed by atoms with Gasteiger partial charge in [0.25, 0.3) is 0 Å². The highest BCUT2D eigenvalue weighted by molar-refractivity contribution is 5.96. The lowest BCUT2D eigenvalue weighted by atomic mass is 10.1. The Balaban J connectivity index is 1.78. The summed E-state index contributed by atoms with van der Waals surface area (Å²) in [6.45, 7) is 6.54. The molecule has 1 aromatic heterocycles. The highest BCUT2D eigenvalue weighted by Crippen LogP contribution is 2.21. The van der Waals surface area contributed by atoms with Crippen molar-refractivity contribution in [1.29, 1.82) is 0 Å². The number of aryl methyl sites for hydroxylation is 1. The van der Waals surface area contributed by atoms with Crippen LogP contribution in [0.15, 0.2) is 33.5 Å². The summed E-state index contributed by atoms with van der Waals surface area (Å²) in [6, 6.07) is 6.58. The molecule has 122 valence electrons. The summed E-state index contributed by atoms with van der Waals surface area (Å²) >= 11 is 0. The fraction of sp³-hybridized carbons (Fsp3) is 0.412. The Kier molecular flexibility index (Phi) is 4.45. The molecule has 1 amide bonds. The summed E-state index contributed by atoms with van der Waals surface area (Å²) < 4.78 is 10.5. The summed E-state index contributed by atoms with van der Waals surface area (Å²) in [7, 11) is 0. The monoisotopic (exact) mass is 316 g/mol. The Hall–Kier alpha value is -2.18. The number of ether oxygens (including phenoxy) is 1. The molecular formula is C17H20N2O4. The van der Waals surface area contributed by atoms with Gasteiger partial charge in [-0.15, -0.1) is 0 Å². The van der Waals surface area contributed by atoms with Gasteiger partial charge in [-0.2, -0.15) is 0 Å². The van der Waals surface area contributed by atoms with Gasteiger partial charge >= 0.3 is 5.63 Å². The predicted octanol–water partition coefficient (Wildman–Crippen LogP) is 1.76. The number of hydrogen-bond acceptors (Lipinski definition) is 5. The molecule has 2 heterocycles. The van der Waals surface area contributed by atoms with Crippen LogP contribution >= 0.6 is 0 Å². The van der Waals surface area contributed by atoms with Crippen molar-refractivity contribution < 1.29 is 13.9 Å². The minimum atomic E-state index is -0.389. The van der Waals surface area contributed by atoms with Crippen LogP contribution in [-0.4, -0.2) is 43.2 Å². The van der Waals surface area contributed by atoms with Gasteiger partial charge in [0, 0.05) is 36.3 Å². The van der Waals surface area contributed by atoms with Crippen molar-refractivity contribution in [3.05, 3.63) is 40.2 Å². The third kappa shape index (κ3) is 3.43. The molecule has 6 nitrogen and oxygen atoms in total. The molecule has 0 bridgehead atoms. The second-order valence-electron chi connectivity index (χ2n) is 5.77. The first kappa shape index (κ1) is 15.7. The molecule has 0 radical (unpaired) electrons. The zero-order valence-electron chi connectivity index (χ0n) is 13.3. The average molecular weight is 316 g/mol. The van der Waals surface area contributed by atoms with E-state index in [4.69, 9.17) is 9.15 Å². The molecule has 1 N–H and O–H groups in total. The van der Waals surface area contributed by atoms with Gasteiger partial charge in [-0.3, -0.25) is 9.69 Å². The zero-order chi connectivity index (χ0) is 16.4. The number of morpholine rings is 1. The van der Waals surface area contributed by atoms with E-state index in [0.717, 1.165) is 24.0 Å². The number of nitrogens with zero attached hydrogens (tertiary/aromatic N) is 1. The van der Waals surface area contributed by atoms with E-state index in [-0.39, 0.29) is 17.6 Å². The number of fused-ring (bicyclic) bond motifs is 1.